The van der Waals surface area contributed by atoms with Gasteiger partial charge in [0.15, 0.2) is 5.69 Å². The molecule has 0 unspecified atom stereocenters. The van der Waals surface area contributed by atoms with Gasteiger partial charge in [-0.25, -0.2) is 0 Å². The lowest BCUT2D eigenvalue weighted by Gasteiger charge is -2.17. The van der Waals surface area contributed by atoms with E-state index >= 15 is 0 Å². The summed E-state index contributed by atoms with van der Waals surface area (Å²) in [5.74, 6) is 0.619. The topological polar surface area (TPSA) is 85.8 Å². The van der Waals surface area contributed by atoms with Crippen LogP contribution in [0.4, 0.5) is 6.01 Å². The molecule has 2 aromatic heterocycles. The zero-order valence-corrected chi connectivity index (χ0v) is 13.0. The van der Waals surface area contributed by atoms with Gasteiger partial charge in [0.05, 0.1) is 0 Å². The van der Waals surface area contributed by atoms with Gasteiger partial charge < -0.3 is 4.42 Å². The zero-order chi connectivity index (χ0) is 15.5. The van der Waals surface area contributed by atoms with Gasteiger partial charge in [0.1, 0.15) is 0 Å². The van der Waals surface area contributed by atoms with Crippen molar-refractivity contribution in [3.05, 3.63) is 23.8 Å². The molecule has 0 atom stereocenters. The fourth-order valence-electron chi connectivity index (χ4n) is 2.71. The summed E-state index contributed by atoms with van der Waals surface area (Å²) in [6, 6.07) is 2.03. The molecule has 1 aliphatic carbocycles. The van der Waals surface area contributed by atoms with Gasteiger partial charge in [0.2, 0.25) is 5.89 Å². The molecule has 1 saturated carbocycles. The van der Waals surface area contributed by atoms with Crippen molar-refractivity contribution in [2.75, 3.05) is 5.32 Å². The Morgan fingerprint density at radius 2 is 2.09 bits per heavy atom. The minimum Gasteiger partial charge on any atom is -0.408 e. The van der Waals surface area contributed by atoms with Crippen molar-refractivity contribution in [2.45, 2.75) is 57.9 Å². The van der Waals surface area contributed by atoms with E-state index in [1.165, 1.54) is 19.3 Å². The molecule has 1 fully saturated rings. The molecular formula is C15H21N5O2. The average molecular weight is 303 g/mol. The second kappa shape index (κ2) is 6.29. The molecule has 3 rings (SSSR count). The van der Waals surface area contributed by atoms with E-state index in [2.05, 4.69) is 20.6 Å². The summed E-state index contributed by atoms with van der Waals surface area (Å²) in [5.41, 5.74) is 0.339. The van der Waals surface area contributed by atoms with Crippen LogP contribution in [0.2, 0.25) is 0 Å². The Kier molecular flexibility index (Phi) is 4.22. The first kappa shape index (κ1) is 14.7. The van der Waals surface area contributed by atoms with Crippen molar-refractivity contribution >= 4 is 11.9 Å². The molecular weight excluding hydrogens is 282 g/mol. The van der Waals surface area contributed by atoms with Crippen LogP contribution in [-0.2, 0) is 0 Å². The number of aromatic nitrogens is 4. The average Bonchev–Trinajstić information content (AvgIpc) is 3.17. The van der Waals surface area contributed by atoms with Gasteiger partial charge in [-0.1, -0.05) is 24.4 Å². The predicted octanol–water partition coefficient (Wildman–Crippen LogP) is 3.15. The van der Waals surface area contributed by atoms with Gasteiger partial charge in [-0.3, -0.25) is 14.8 Å². The molecule has 0 radical (unpaired) electrons. The lowest BCUT2D eigenvalue weighted by atomic mass is 9.89. The maximum absolute atomic E-state index is 12.1. The van der Waals surface area contributed by atoms with E-state index in [4.69, 9.17) is 4.42 Å². The lowest BCUT2D eigenvalue weighted by Crippen LogP contribution is -2.14. The molecule has 2 aromatic rings. The van der Waals surface area contributed by atoms with Gasteiger partial charge in [-0.2, -0.15) is 5.10 Å². The van der Waals surface area contributed by atoms with Gasteiger partial charge in [-0.15, -0.1) is 5.10 Å². The van der Waals surface area contributed by atoms with Gasteiger partial charge >= 0.3 is 6.01 Å². The van der Waals surface area contributed by atoms with Crippen molar-refractivity contribution in [1.82, 2.24) is 20.0 Å². The monoisotopic (exact) mass is 303 g/mol. The first-order chi connectivity index (χ1) is 10.6. The van der Waals surface area contributed by atoms with E-state index in [0.717, 1.165) is 12.8 Å². The highest BCUT2D eigenvalue weighted by molar-refractivity contribution is 6.01. The second-order valence-electron chi connectivity index (χ2n) is 6.01. The first-order valence-electron chi connectivity index (χ1n) is 7.83. The SMILES string of the molecule is CC(C)n1ccc(C(=O)Nc2nnc(C3CCCCC3)o2)n1. The van der Waals surface area contributed by atoms with Gasteiger partial charge in [0, 0.05) is 18.2 Å². The van der Waals surface area contributed by atoms with Crippen LogP contribution in [0, 0.1) is 0 Å². The van der Waals surface area contributed by atoms with Crippen LogP contribution in [0.25, 0.3) is 0 Å². The summed E-state index contributed by atoms with van der Waals surface area (Å²) in [7, 11) is 0. The molecule has 7 heteroatoms. The quantitative estimate of drug-likeness (QED) is 0.937. The van der Waals surface area contributed by atoms with Crippen LogP contribution < -0.4 is 5.32 Å². The largest absolute Gasteiger partial charge is 0.408 e. The minimum absolute atomic E-state index is 0.143. The molecule has 0 aliphatic heterocycles. The Bertz CT molecular complexity index is 640. The number of carbonyl (C=O) groups is 1. The van der Waals surface area contributed by atoms with Crippen LogP contribution >= 0.6 is 0 Å². The summed E-state index contributed by atoms with van der Waals surface area (Å²) in [6.07, 6.45) is 7.60. The highest BCUT2D eigenvalue weighted by Crippen LogP contribution is 2.32. The number of anilines is 1. The Labute approximate surface area is 129 Å². The highest BCUT2D eigenvalue weighted by Gasteiger charge is 2.22. The minimum atomic E-state index is -0.335. The normalized spacial score (nSPS) is 16.1. The zero-order valence-electron chi connectivity index (χ0n) is 13.0. The predicted molar refractivity (Wildman–Crippen MR) is 80.7 cm³/mol. The van der Waals surface area contributed by atoms with E-state index in [1.54, 1.807) is 16.9 Å². The smallest absolute Gasteiger partial charge is 0.322 e. The maximum atomic E-state index is 12.1. The van der Waals surface area contributed by atoms with E-state index in [9.17, 15) is 4.79 Å². The van der Waals surface area contributed by atoms with E-state index < -0.39 is 0 Å². The molecule has 0 bridgehead atoms. The molecule has 0 saturated heterocycles. The van der Waals surface area contributed by atoms with E-state index in [1.807, 2.05) is 13.8 Å². The summed E-state index contributed by atoms with van der Waals surface area (Å²) in [5, 5.41) is 14.8. The number of carbonyl (C=O) groups excluding carboxylic acids is 1. The van der Waals surface area contributed by atoms with E-state index in [0.29, 0.717) is 17.5 Å². The summed E-state index contributed by atoms with van der Waals surface area (Å²) < 4.78 is 7.31. The number of hydrogen-bond acceptors (Lipinski definition) is 5. The number of amides is 1. The molecule has 7 nitrogen and oxygen atoms in total. The van der Waals surface area contributed by atoms with Crippen molar-refractivity contribution in [3.63, 3.8) is 0 Å². The van der Waals surface area contributed by atoms with Gasteiger partial charge in [0.25, 0.3) is 5.91 Å². The van der Waals surface area contributed by atoms with Crippen LogP contribution in [-0.4, -0.2) is 25.9 Å². The standard InChI is InChI=1S/C15H21N5O2/c1-10(2)20-9-8-12(19-20)13(21)16-15-18-17-14(22-15)11-6-4-3-5-7-11/h8-11H,3-7H2,1-2H3,(H,16,18,21). The van der Waals surface area contributed by atoms with Crippen LogP contribution in [0.15, 0.2) is 16.7 Å². The Morgan fingerprint density at radius 1 is 1.32 bits per heavy atom. The number of rotatable bonds is 4. The van der Waals surface area contributed by atoms with E-state index in [-0.39, 0.29) is 18.0 Å². The van der Waals surface area contributed by atoms with Crippen molar-refractivity contribution < 1.29 is 9.21 Å². The van der Waals surface area contributed by atoms with Crippen LogP contribution in [0.5, 0.6) is 0 Å². The third-order valence-corrected chi connectivity index (χ3v) is 3.99. The maximum Gasteiger partial charge on any atom is 0.322 e. The fourth-order valence-corrected chi connectivity index (χ4v) is 2.71. The molecule has 1 amide bonds. The molecule has 118 valence electrons. The summed E-state index contributed by atoms with van der Waals surface area (Å²) in [4.78, 5) is 12.1. The van der Waals surface area contributed by atoms with Crippen LogP contribution in [0.3, 0.4) is 0 Å². The van der Waals surface area contributed by atoms with Crippen molar-refractivity contribution in [1.29, 1.82) is 0 Å². The number of nitrogens with one attached hydrogen (secondary N) is 1. The van der Waals surface area contributed by atoms with Crippen molar-refractivity contribution in [2.24, 2.45) is 0 Å². The Morgan fingerprint density at radius 3 is 2.77 bits per heavy atom. The number of hydrogen-bond donors (Lipinski definition) is 1. The van der Waals surface area contributed by atoms with Crippen molar-refractivity contribution in [3.8, 4) is 0 Å². The fraction of sp³-hybridized carbons (Fsp3) is 0.600. The highest BCUT2D eigenvalue weighted by atomic mass is 16.4. The summed E-state index contributed by atoms with van der Waals surface area (Å²) in [6.45, 7) is 4.01. The number of nitrogens with zero attached hydrogens (tertiary/aromatic N) is 4. The summed E-state index contributed by atoms with van der Waals surface area (Å²) >= 11 is 0. The Hall–Kier alpha value is -2.18. The molecule has 1 aliphatic rings. The Balaban J connectivity index is 1.65. The lowest BCUT2D eigenvalue weighted by molar-refractivity contribution is 0.101. The molecule has 22 heavy (non-hydrogen) atoms. The van der Waals surface area contributed by atoms with Crippen LogP contribution in [0.1, 0.15) is 74.3 Å². The first-order valence-corrected chi connectivity index (χ1v) is 7.83. The van der Waals surface area contributed by atoms with Gasteiger partial charge in [-0.05, 0) is 32.8 Å². The molecule has 0 spiro atoms. The third kappa shape index (κ3) is 3.18. The second-order valence-corrected chi connectivity index (χ2v) is 6.01. The third-order valence-electron chi connectivity index (χ3n) is 3.99. The molecule has 1 N–H and O–H groups in total. The molecule has 0 aromatic carbocycles. The molecule has 2 heterocycles.